The molecule has 17 heavy (non-hydrogen) atoms. The first kappa shape index (κ1) is 13.6. The number of anilines is 1. The molecular formula is C10H13FN2O3S. The van der Waals surface area contributed by atoms with Gasteiger partial charge < -0.3 is 5.32 Å². The third-order valence-electron chi connectivity index (χ3n) is 2.06. The molecule has 2 atom stereocenters. The van der Waals surface area contributed by atoms with Crippen molar-refractivity contribution in [3.05, 3.63) is 34.1 Å². The van der Waals surface area contributed by atoms with Crippen molar-refractivity contribution in [2.45, 2.75) is 13.0 Å². The normalized spacial score (nSPS) is 14.1. The van der Waals surface area contributed by atoms with Gasteiger partial charge in [-0.3, -0.25) is 14.3 Å². The van der Waals surface area contributed by atoms with E-state index in [0.717, 1.165) is 6.07 Å². The van der Waals surface area contributed by atoms with E-state index in [0.29, 0.717) is 5.75 Å². The number of rotatable bonds is 5. The Bertz CT molecular complexity index is 453. The van der Waals surface area contributed by atoms with E-state index in [2.05, 4.69) is 5.32 Å². The third kappa shape index (κ3) is 3.77. The molecule has 0 saturated heterocycles. The van der Waals surface area contributed by atoms with Crippen LogP contribution >= 0.6 is 0 Å². The van der Waals surface area contributed by atoms with Crippen molar-refractivity contribution in [2.75, 3.05) is 17.3 Å². The fourth-order valence-corrected chi connectivity index (χ4v) is 2.26. The molecule has 0 aliphatic heterocycles. The summed E-state index contributed by atoms with van der Waals surface area (Å²) in [5.41, 5.74) is -0.478. The van der Waals surface area contributed by atoms with Crippen molar-refractivity contribution < 1.29 is 13.5 Å². The van der Waals surface area contributed by atoms with Gasteiger partial charge in [0.25, 0.3) is 0 Å². The quantitative estimate of drug-likeness (QED) is 0.648. The molecule has 0 aliphatic rings. The topological polar surface area (TPSA) is 72.2 Å². The first-order valence-corrected chi connectivity index (χ1v) is 6.64. The lowest BCUT2D eigenvalue weighted by atomic mass is 10.2. The van der Waals surface area contributed by atoms with E-state index in [4.69, 9.17) is 0 Å². The molecule has 0 aliphatic carbocycles. The monoisotopic (exact) mass is 260 g/mol. The summed E-state index contributed by atoms with van der Waals surface area (Å²) in [4.78, 5) is 9.94. The number of nitrogens with one attached hydrogen (secondary N) is 1. The lowest BCUT2D eigenvalue weighted by Gasteiger charge is -2.13. The summed E-state index contributed by atoms with van der Waals surface area (Å²) in [6, 6.07) is 3.61. The van der Waals surface area contributed by atoms with Crippen LogP contribution in [0.3, 0.4) is 0 Å². The van der Waals surface area contributed by atoms with Gasteiger partial charge in [-0.05, 0) is 19.1 Å². The Balaban J connectivity index is 2.94. The maximum Gasteiger partial charge on any atom is 0.327 e. The molecule has 0 saturated carbocycles. The fourth-order valence-electron chi connectivity index (χ4n) is 1.48. The highest BCUT2D eigenvalue weighted by atomic mass is 32.2. The van der Waals surface area contributed by atoms with E-state index in [-0.39, 0.29) is 11.7 Å². The van der Waals surface area contributed by atoms with Gasteiger partial charge >= 0.3 is 5.69 Å². The third-order valence-corrected chi connectivity index (χ3v) is 3.03. The summed E-state index contributed by atoms with van der Waals surface area (Å²) >= 11 is 0. The Morgan fingerprint density at radius 2 is 2.24 bits per heavy atom. The van der Waals surface area contributed by atoms with Crippen LogP contribution in [0.5, 0.6) is 0 Å². The van der Waals surface area contributed by atoms with Crippen LogP contribution in [0, 0.1) is 15.9 Å². The van der Waals surface area contributed by atoms with Crippen molar-refractivity contribution in [1.82, 2.24) is 0 Å². The summed E-state index contributed by atoms with van der Waals surface area (Å²) < 4.78 is 24.3. The smallest absolute Gasteiger partial charge is 0.327 e. The maximum absolute atomic E-state index is 13.3. The van der Waals surface area contributed by atoms with E-state index in [1.54, 1.807) is 6.92 Å². The van der Waals surface area contributed by atoms with Crippen LogP contribution in [0.2, 0.25) is 0 Å². The molecular weight excluding hydrogens is 247 g/mol. The zero-order chi connectivity index (χ0) is 13.0. The Kier molecular flexibility index (Phi) is 4.56. The van der Waals surface area contributed by atoms with E-state index < -0.39 is 27.2 Å². The predicted octanol–water partition coefficient (Wildman–Crippen LogP) is 1.91. The number of hydrogen-bond donors (Lipinski definition) is 1. The van der Waals surface area contributed by atoms with E-state index in [1.807, 2.05) is 0 Å². The highest BCUT2D eigenvalue weighted by molar-refractivity contribution is 7.84. The minimum Gasteiger partial charge on any atom is -0.376 e. The highest BCUT2D eigenvalue weighted by Crippen LogP contribution is 2.27. The lowest BCUT2D eigenvalue weighted by Crippen LogP contribution is -2.22. The van der Waals surface area contributed by atoms with E-state index in [1.165, 1.54) is 18.4 Å². The van der Waals surface area contributed by atoms with Crippen LogP contribution in [0.15, 0.2) is 18.2 Å². The van der Waals surface area contributed by atoms with Gasteiger partial charge in [-0.2, -0.15) is 4.39 Å². The molecule has 1 rings (SSSR count). The average Bonchev–Trinajstić information content (AvgIpc) is 2.15. The Hall–Kier alpha value is -1.50. The summed E-state index contributed by atoms with van der Waals surface area (Å²) in [6.07, 6.45) is 1.54. The second-order valence-corrected chi connectivity index (χ2v) is 5.16. The summed E-state index contributed by atoms with van der Waals surface area (Å²) in [7, 11) is -1.02. The summed E-state index contributed by atoms with van der Waals surface area (Å²) in [5.74, 6) is -0.543. The fraction of sp³-hybridized carbons (Fsp3) is 0.400. The van der Waals surface area contributed by atoms with Gasteiger partial charge in [-0.15, -0.1) is 0 Å². The first-order chi connectivity index (χ1) is 7.91. The highest BCUT2D eigenvalue weighted by Gasteiger charge is 2.20. The standard InChI is InChI=1S/C10H13FN2O3S/c1-7(6-17(2)16)12-9-5-3-4-8(11)10(9)13(14)15/h3-5,7,12H,6H2,1-2H3. The number of para-hydroxylation sites is 1. The second-order valence-electron chi connectivity index (χ2n) is 3.68. The van der Waals surface area contributed by atoms with Crippen LogP contribution in [0.4, 0.5) is 15.8 Å². The zero-order valence-corrected chi connectivity index (χ0v) is 10.3. The van der Waals surface area contributed by atoms with Crippen molar-refractivity contribution in [2.24, 2.45) is 0 Å². The molecule has 0 fully saturated rings. The van der Waals surface area contributed by atoms with Crippen LogP contribution in [0.25, 0.3) is 0 Å². The molecule has 0 spiro atoms. The molecule has 1 aromatic carbocycles. The van der Waals surface area contributed by atoms with E-state index >= 15 is 0 Å². The molecule has 1 N–H and O–H groups in total. The molecule has 2 unspecified atom stereocenters. The maximum atomic E-state index is 13.3. The number of benzene rings is 1. The van der Waals surface area contributed by atoms with Crippen LogP contribution in [-0.2, 0) is 10.8 Å². The molecule has 0 bridgehead atoms. The first-order valence-electron chi connectivity index (χ1n) is 4.91. The lowest BCUT2D eigenvalue weighted by molar-refractivity contribution is -0.386. The van der Waals surface area contributed by atoms with Crippen LogP contribution in [0.1, 0.15) is 6.92 Å². The number of nitro groups is 1. The molecule has 94 valence electrons. The van der Waals surface area contributed by atoms with Gasteiger partial charge in [0.2, 0.25) is 5.82 Å². The van der Waals surface area contributed by atoms with Crippen LogP contribution < -0.4 is 5.32 Å². The molecule has 1 aromatic rings. The largest absolute Gasteiger partial charge is 0.376 e. The molecule has 0 radical (unpaired) electrons. The van der Waals surface area contributed by atoms with Crippen LogP contribution in [-0.4, -0.2) is 27.2 Å². The number of halogens is 1. The number of nitrogens with zero attached hydrogens (tertiary/aromatic N) is 1. The molecule has 0 heterocycles. The SMILES string of the molecule is CC(CS(C)=O)Nc1cccc(F)c1[N+](=O)[O-]. The molecule has 5 nitrogen and oxygen atoms in total. The van der Waals surface area contributed by atoms with Crippen molar-refractivity contribution >= 4 is 22.2 Å². The Morgan fingerprint density at radius 3 is 2.76 bits per heavy atom. The Labute approximate surface area is 101 Å². The number of hydrogen-bond acceptors (Lipinski definition) is 4. The van der Waals surface area contributed by atoms with Gasteiger partial charge in [-0.1, -0.05) is 6.07 Å². The van der Waals surface area contributed by atoms with Gasteiger partial charge in [-0.25, -0.2) is 0 Å². The minimum absolute atomic E-state index is 0.105. The average molecular weight is 260 g/mol. The molecule has 7 heteroatoms. The number of nitro benzene ring substituents is 1. The molecule has 0 aromatic heterocycles. The van der Waals surface area contributed by atoms with Crippen molar-refractivity contribution in [3.8, 4) is 0 Å². The van der Waals surface area contributed by atoms with Crippen molar-refractivity contribution in [1.29, 1.82) is 0 Å². The predicted molar refractivity (Wildman–Crippen MR) is 65.1 cm³/mol. The van der Waals surface area contributed by atoms with Crippen molar-refractivity contribution in [3.63, 3.8) is 0 Å². The Morgan fingerprint density at radius 1 is 1.59 bits per heavy atom. The summed E-state index contributed by atoms with van der Waals surface area (Å²) in [5, 5.41) is 13.5. The summed E-state index contributed by atoms with van der Waals surface area (Å²) in [6.45, 7) is 1.73. The van der Waals surface area contributed by atoms with Gasteiger partial charge in [0.15, 0.2) is 0 Å². The van der Waals surface area contributed by atoms with Gasteiger partial charge in [0.05, 0.1) is 4.92 Å². The minimum atomic E-state index is -1.02. The zero-order valence-electron chi connectivity index (χ0n) is 9.47. The van der Waals surface area contributed by atoms with E-state index in [9.17, 15) is 18.7 Å². The van der Waals surface area contributed by atoms with Gasteiger partial charge in [0, 0.05) is 28.9 Å². The second kappa shape index (κ2) is 5.72. The molecule has 0 amide bonds. The van der Waals surface area contributed by atoms with Gasteiger partial charge in [0.1, 0.15) is 5.69 Å².